The largest absolute Gasteiger partial charge is 0.435 e. The van der Waals surface area contributed by atoms with Gasteiger partial charge in [0, 0.05) is 0 Å². The van der Waals surface area contributed by atoms with Crippen LogP contribution in [0.2, 0.25) is 0 Å². The number of hydrogen-bond donors (Lipinski definition) is 1. The number of alkyl halides is 2. The van der Waals surface area contributed by atoms with E-state index in [1.807, 2.05) is 30.3 Å². The number of hydrogen-bond acceptors (Lipinski definition) is 2. The van der Waals surface area contributed by atoms with Crippen molar-refractivity contribution in [2.75, 3.05) is 0 Å². The van der Waals surface area contributed by atoms with Crippen molar-refractivity contribution in [3.05, 3.63) is 101 Å². The van der Waals surface area contributed by atoms with Crippen molar-refractivity contribution >= 4 is 5.91 Å². The Balaban J connectivity index is 1.82. The van der Waals surface area contributed by atoms with Crippen LogP contribution in [-0.2, 0) is 11.2 Å². The fourth-order valence-electron chi connectivity index (χ4n) is 2.87. The van der Waals surface area contributed by atoms with Crippen LogP contribution in [0.5, 0.6) is 5.75 Å². The summed E-state index contributed by atoms with van der Waals surface area (Å²) in [5, 5.41) is 2.89. The molecule has 0 fully saturated rings. The van der Waals surface area contributed by atoms with E-state index in [-0.39, 0.29) is 18.1 Å². The maximum Gasteiger partial charge on any atom is 0.387 e. The summed E-state index contributed by atoms with van der Waals surface area (Å²) in [6.45, 7) is -2.91. The first kappa shape index (κ1) is 19.5. The lowest BCUT2D eigenvalue weighted by Gasteiger charge is -2.20. The third-order valence-corrected chi connectivity index (χ3v) is 4.19. The first-order chi connectivity index (χ1) is 13.5. The lowest BCUT2D eigenvalue weighted by atomic mass is 9.98. The molecule has 0 aliphatic heterocycles. The van der Waals surface area contributed by atoms with Gasteiger partial charge in [-0.25, -0.2) is 4.39 Å². The first-order valence-corrected chi connectivity index (χ1v) is 8.65. The summed E-state index contributed by atoms with van der Waals surface area (Å²) in [7, 11) is 0. The summed E-state index contributed by atoms with van der Waals surface area (Å²) in [5.74, 6) is -0.766. The van der Waals surface area contributed by atoms with Gasteiger partial charge in [-0.05, 0) is 34.9 Å². The van der Waals surface area contributed by atoms with E-state index in [2.05, 4.69) is 10.1 Å². The molecule has 1 N–H and O–H groups in total. The molecule has 3 aromatic rings. The zero-order chi connectivity index (χ0) is 19.9. The van der Waals surface area contributed by atoms with Gasteiger partial charge in [-0.3, -0.25) is 4.79 Å². The van der Waals surface area contributed by atoms with E-state index in [1.165, 1.54) is 18.2 Å². The van der Waals surface area contributed by atoms with E-state index in [0.717, 1.165) is 5.56 Å². The van der Waals surface area contributed by atoms with Crippen molar-refractivity contribution in [2.45, 2.75) is 19.1 Å². The van der Waals surface area contributed by atoms with Crippen molar-refractivity contribution in [3.63, 3.8) is 0 Å². The van der Waals surface area contributed by atoms with Gasteiger partial charge < -0.3 is 10.1 Å². The molecule has 0 bridgehead atoms. The molecule has 0 unspecified atom stereocenters. The fraction of sp³-hybridized carbons (Fsp3) is 0.136. The maximum atomic E-state index is 13.8. The van der Waals surface area contributed by atoms with Crippen molar-refractivity contribution in [3.8, 4) is 5.75 Å². The Morgan fingerprint density at radius 2 is 1.46 bits per heavy atom. The van der Waals surface area contributed by atoms with E-state index in [4.69, 9.17) is 0 Å². The molecular weight excluding hydrogens is 367 g/mol. The number of carbonyl (C=O) groups is 1. The van der Waals surface area contributed by atoms with Gasteiger partial charge in [-0.15, -0.1) is 0 Å². The van der Waals surface area contributed by atoms with E-state index >= 15 is 0 Å². The van der Waals surface area contributed by atoms with Gasteiger partial charge in [0.25, 0.3) is 0 Å². The van der Waals surface area contributed by atoms with Crippen LogP contribution in [0.15, 0.2) is 78.9 Å². The monoisotopic (exact) mass is 385 g/mol. The average molecular weight is 385 g/mol. The molecule has 3 rings (SSSR count). The van der Waals surface area contributed by atoms with Crippen molar-refractivity contribution < 1.29 is 22.7 Å². The van der Waals surface area contributed by atoms with Crippen molar-refractivity contribution in [2.24, 2.45) is 0 Å². The van der Waals surface area contributed by atoms with Gasteiger partial charge in [-0.1, -0.05) is 60.7 Å². The molecule has 3 aromatic carbocycles. The van der Waals surface area contributed by atoms with Gasteiger partial charge >= 0.3 is 6.61 Å². The SMILES string of the molecule is O=C(Cc1ccccc1F)N[C@H](c1ccccc1)c1ccc(OC(F)F)cc1. The van der Waals surface area contributed by atoms with Crippen LogP contribution in [0, 0.1) is 5.82 Å². The van der Waals surface area contributed by atoms with E-state index in [9.17, 15) is 18.0 Å². The minimum absolute atomic E-state index is 0.0308. The lowest BCUT2D eigenvalue weighted by Crippen LogP contribution is -2.30. The summed E-state index contributed by atoms with van der Waals surface area (Å²) in [5.41, 5.74) is 1.80. The molecule has 0 saturated heterocycles. The Labute approximate surface area is 160 Å². The molecule has 6 heteroatoms. The van der Waals surface area contributed by atoms with Gasteiger partial charge in [0.15, 0.2) is 0 Å². The van der Waals surface area contributed by atoms with E-state index < -0.39 is 18.5 Å². The Kier molecular flexibility index (Phi) is 6.32. The molecule has 0 aromatic heterocycles. The first-order valence-electron chi connectivity index (χ1n) is 8.65. The van der Waals surface area contributed by atoms with Crippen LogP contribution in [0.3, 0.4) is 0 Å². The second-order valence-electron chi connectivity index (χ2n) is 6.13. The molecule has 1 atom stereocenters. The number of rotatable bonds is 7. The van der Waals surface area contributed by atoms with E-state index in [1.54, 1.807) is 30.3 Å². The quantitative estimate of drug-likeness (QED) is 0.630. The molecule has 0 heterocycles. The highest BCUT2D eigenvalue weighted by atomic mass is 19.3. The Bertz CT molecular complexity index is 915. The molecule has 0 saturated carbocycles. The summed E-state index contributed by atoms with van der Waals surface area (Å²) in [6, 6.07) is 20.8. The van der Waals surface area contributed by atoms with E-state index in [0.29, 0.717) is 11.1 Å². The van der Waals surface area contributed by atoms with Crippen LogP contribution < -0.4 is 10.1 Å². The smallest absolute Gasteiger partial charge is 0.387 e. The number of carbonyl (C=O) groups excluding carboxylic acids is 1. The Hall–Kier alpha value is -3.28. The molecule has 28 heavy (non-hydrogen) atoms. The molecule has 3 nitrogen and oxygen atoms in total. The highest BCUT2D eigenvalue weighted by Crippen LogP contribution is 2.25. The summed E-state index contributed by atoms with van der Waals surface area (Å²) in [6.07, 6.45) is -0.109. The number of ether oxygens (including phenoxy) is 1. The second kappa shape index (κ2) is 9.08. The number of benzene rings is 3. The average Bonchev–Trinajstić information content (AvgIpc) is 2.69. The standard InChI is InChI=1S/C22H18F3NO2/c23-19-9-5-4-8-17(19)14-20(27)26-21(15-6-2-1-3-7-15)16-10-12-18(13-11-16)28-22(24)25/h1-13,21-22H,14H2,(H,26,27)/t21-/m1/s1. The predicted molar refractivity (Wildman–Crippen MR) is 99.6 cm³/mol. The third-order valence-electron chi connectivity index (χ3n) is 4.19. The summed E-state index contributed by atoms with van der Waals surface area (Å²) < 4.78 is 42.9. The molecule has 144 valence electrons. The fourth-order valence-corrected chi connectivity index (χ4v) is 2.87. The van der Waals surface area contributed by atoms with Crippen LogP contribution in [-0.4, -0.2) is 12.5 Å². The van der Waals surface area contributed by atoms with Gasteiger partial charge in [-0.2, -0.15) is 8.78 Å². The molecule has 0 aliphatic rings. The predicted octanol–water partition coefficient (Wildman–Crippen LogP) is 4.88. The Morgan fingerprint density at radius 1 is 0.857 bits per heavy atom. The van der Waals surface area contributed by atoms with Crippen LogP contribution in [0.25, 0.3) is 0 Å². The summed E-state index contributed by atoms with van der Waals surface area (Å²) >= 11 is 0. The topological polar surface area (TPSA) is 38.3 Å². The zero-order valence-corrected chi connectivity index (χ0v) is 14.8. The number of amides is 1. The number of halogens is 3. The highest BCUT2D eigenvalue weighted by Gasteiger charge is 2.18. The molecule has 0 radical (unpaired) electrons. The summed E-state index contributed by atoms with van der Waals surface area (Å²) in [4.78, 5) is 12.5. The maximum absolute atomic E-state index is 13.8. The number of nitrogens with one attached hydrogen (secondary N) is 1. The van der Waals surface area contributed by atoms with Crippen LogP contribution >= 0.6 is 0 Å². The van der Waals surface area contributed by atoms with Gasteiger partial charge in [0.1, 0.15) is 11.6 Å². The molecule has 0 spiro atoms. The lowest BCUT2D eigenvalue weighted by molar-refractivity contribution is -0.121. The van der Waals surface area contributed by atoms with Crippen LogP contribution in [0.4, 0.5) is 13.2 Å². The highest BCUT2D eigenvalue weighted by molar-refractivity contribution is 5.79. The molecule has 0 aliphatic carbocycles. The minimum atomic E-state index is -2.91. The van der Waals surface area contributed by atoms with Crippen molar-refractivity contribution in [1.29, 1.82) is 0 Å². The normalized spacial score (nSPS) is 11.9. The molecular formula is C22H18F3NO2. The van der Waals surface area contributed by atoms with Crippen molar-refractivity contribution in [1.82, 2.24) is 5.32 Å². The van der Waals surface area contributed by atoms with Gasteiger partial charge in [0.05, 0.1) is 12.5 Å². The third kappa shape index (κ3) is 5.13. The molecule has 1 amide bonds. The zero-order valence-electron chi connectivity index (χ0n) is 14.8. The van der Waals surface area contributed by atoms with Gasteiger partial charge in [0.2, 0.25) is 5.91 Å². The van der Waals surface area contributed by atoms with Crippen LogP contribution in [0.1, 0.15) is 22.7 Å². The Morgan fingerprint density at radius 3 is 2.11 bits per heavy atom. The minimum Gasteiger partial charge on any atom is -0.435 e. The second-order valence-corrected chi connectivity index (χ2v) is 6.13.